The van der Waals surface area contributed by atoms with Crippen molar-refractivity contribution in [3.8, 4) is 5.75 Å². The number of methoxy groups -OCH3 is 1. The number of nitrogens with zero attached hydrogens (tertiary/aromatic N) is 1. The number of aromatic nitrogens is 2. The Balaban J connectivity index is 1.54. The standard InChI is InChI=1S/C25H28N2O7S/c1-16(2)17-9-11-18(12-10-17)32-35(19-7-5-4-6-8-19)33-22-20(15-30-3)31-24(23(22)34-35)27-14-13-21(28)26-25(27)29/h4-14,16,20,22-24H,15H2,1-3H3,(H,26,28,29). The molecule has 5 atom stereocenters. The van der Waals surface area contributed by atoms with Crippen LogP contribution in [0.3, 0.4) is 0 Å². The minimum absolute atomic E-state index is 0.229. The first-order chi connectivity index (χ1) is 16.9. The van der Waals surface area contributed by atoms with Crippen LogP contribution in [-0.2, 0) is 17.8 Å². The van der Waals surface area contributed by atoms with Crippen molar-refractivity contribution >= 4 is 10.9 Å². The van der Waals surface area contributed by atoms with E-state index in [1.807, 2.05) is 54.6 Å². The van der Waals surface area contributed by atoms with Crippen molar-refractivity contribution < 1.29 is 22.0 Å². The van der Waals surface area contributed by atoms with Crippen molar-refractivity contribution in [3.63, 3.8) is 0 Å². The molecule has 5 unspecified atom stereocenters. The molecule has 0 amide bonds. The zero-order valence-electron chi connectivity index (χ0n) is 19.7. The van der Waals surface area contributed by atoms with Gasteiger partial charge < -0.3 is 13.7 Å². The smallest absolute Gasteiger partial charge is 0.330 e. The van der Waals surface area contributed by atoms with Crippen molar-refractivity contribution in [2.24, 2.45) is 0 Å². The highest BCUT2D eigenvalue weighted by atomic mass is 32.3. The van der Waals surface area contributed by atoms with E-state index in [0.29, 0.717) is 11.7 Å². The molecule has 0 spiro atoms. The van der Waals surface area contributed by atoms with E-state index in [4.69, 9.17) is 22.0 Å². The second kappa shape index (κ2) is 9.63. The highest BCUT2D eigenvalue weighted by Gasteiger charge is 2.59. The summed E-state index contributed by atoms with van der Waals surface area (Å²) in [7, 11) is -1.15. The summed E-state index contributed by atoms with van der Waals surface area (Å²) in [4.78, 5) is 27.2. The van der Waals surface area contributed by atoms with Gasteiger partial charge in [-0.25, -0.2) is 4.79 Å². The van der Waals surface area contributed by atoms with E-state index in [9.17, 15) is 9.59 Å². The summed E-state index contributed by atoms with van der Waals surface area (Å²) in [6, 6.07) is 18.6. The van der Waals surface area contributed by atoms with Gasteiger partial charge in [-0.3, -0.25) is 22.7 Å². The molecule has 186 valence electrons. The molecule has 5 rings (SSSR count). The van der Waals surface area contributed by atoms with Crippen molar-refractivity contribution in [2.45, 2.75) is 49.2 Å². The van der Waals surface area contributed by atoms with Crippen LogP contribution in [0.15, 0.2) is 81.3 Å². The first-order valence-electron chi connectivity index (χ1n) is 11.4. The first-order valence-corrected chi connectivity index (χ1v) is 12.8. The second-order valence-corrected chi connectivity index (χ2v) is 10.7. The molecule has 2 saturated heterocycles. The molecule has 3 aromatic rings. The number of hydrogen-bond acceptors (Lipinski definition) is 7. The average Bonchev–Trinajstić information content (AvgIpc) is 3.37. The molecule has 2 fully saturated rings. The van der Waals surface area contributed by atoms with E-state index in [2.05, 4.69) is 18.8 Å². The summed E-state index contributed by atoms with van der Waals surface area (Å²) in [5, 5.41) is 0. The number of nitrogens with one attached hydrogen (secondary N) is 1. The Morgan fingerprint density at radius 1 is 1.00 bits per heavy atom. The summed E-state index contributed by atoms with van der Waals surface area (Å²) in [5.41, 5.74) is 0.105. The molecule has 35 heavy (non-hydrogen) atoms. The van der Waals surface area contributed by atoms with Gasteiger partial charge in [0.05, 0.1) is 11.5 Å². The SMILES string of the molecule is COCC1OC(n2ccc(=O)[nH]c2=O)C2OS(Oc3ccc(C(C)C)cc3)(c3ccccc3)OC12. The molecular weight excluding hydrogens is 472 g/mol. The summed E-state index contributed by atoms with van der Waals surface area (Å²) in [5.74, 6) is 0.997. The Hall–Kier alpha value is -2.89. The van der Waals surface area contributed by atoms with Crippen molar-refractivity contribution in [1.29, 1.82) is 0 Å². The maximum atomic E-state index is 12.6. The molecule has 1 N–H and O–H groups in total. The van der Waals surface area contributed by atoms with Gasteiger partial charge >= 0.3 is 5.69 Å². The monoisotopic (exact) mass is 500 g/mol. The van der Waals surface area contributed by atoms with Gasteiger partial charge in [-0.15, -0.1) is 0 Å². The molecule has 2 aliphatic heterocycles. The van der Waals surface area contributed by atoms with E-state index in [1.54, 1.807) is 7.11 Å². The van der Waals surface area contributed by atoms with Gasteiger partial charge in [0.25, 0.3) is 5.56 Å². The molecule has 0 bridgehead atoms. The Morgan fingerprint density at radius 3 is 2.37 bits per heavy atom. The largest absolute Gasteiger partial charge is 0.399 e. The van der Waals surface area contributed by atoms with Crippen LogP contribution in [-0.4, -0.2) is 41.6 Å². The molecule has 9 nitrogen and oxygen atoms in total. The second-order valence-electron chi connectivity index (χ2n) is 8.73. The number of benzene rings is 2. The van der Waals surface area contributed by atoms with Gasteiger partial charge in [0.2, 0.25) is 0 Å². The lowest BCUT2D eigenvalue weighted by molar-refractivity contribution is -0.0646. The lowest BCUT2D eigenvalue weighted by Gasteiger charge is -2.35. The van der Waals surface area contributed by atoms with Crippen LogP contribution >= 0.6 is 10.9 Å². The van der Waals surface area contributed by atoms with Gasteiger partial charge in [-0.1, -0.05) is 44.2 Å². The summed E-state index contributed by atoms with van der Waals surface area (Å²) < 4.78 is 32.4. The number of H-pyrrole nitrogens is 1. The van der Waals surface area contributed by atoms with Crippen LogP contribution in [0, 0.1) is 0 Å². The van der Waals surface area contributed by atoms with Gasteiger partial charge in [0.15, 0.2) is 23.2 Å². The molecule has 1 aromatic heterocycles. The third kappa shape index (κ3) is 4.55. The fourth-order valence-corrected chi connectivity index (χ4v) is 6.53. The van der Waals surface area contributed by atoms with E-state index in [0.717, 1.165) is 4.90 Å². The first kappa shape index (κ1) is 23.8. The maximum absolute atomic E-state index is 12.6. The fourth-order valence-electron chi connectivity index (χ4n) is 4.21. The van der Waals surface area contributed by atoms with Crippen molar-refractivity contribution in [1.82, 2.24) is 9.55 Å². The zero-order chi connectivity index (χ0) is 24.6. The Kier molecular flexibility index (Phi) is 6.56. The predicted octanol–water partition coefficient (Wildman–Crippen LogP) is 3.68. The molecule has 10 heteroatoms. The molecular formula is C25H28N2O7S. The number of rotatable bonds is 7. The van der Waals surface area contributed by atoms with E-state index >= 15 is 0 Å². The minimum Gasteiger partial charge on any atom is -0.399 e. The minimum atomic E-state index is -2.72. The predicted molar refractivity (Wildman–Crippen MR) is 130 cm³/mol. The molecule has 2 aromatic carbocycles. The van der Waals surface area contributed by atoms with Crippen molar-refractivity contribution in [2.75, 3.05) is 13.7 Å². The van der Waals surface area contributed by atoms with Gasteiger partial charge in [0.1, 0.15) is 18.0 Å². The molecule has 0 aliphatic carbocycles. The third-order valence-electron chi connectivity index (χ3n) is 6.00. The highest BCUT2D eigenvalue weighted by Crippen LogP contribution is 2.67. The Morgan fingerprint density at radius 2 is 1.71 bits per heavy atom. The Labute approximate surface area is 204 Å². The number of aromatic amines is 1. The van der Waals surface area contributed by atoms with Crippen LogP contribution in [0.4, 0.5) is 0 Å². The van der Waals surface area contributed by atoms with Crippen molar-refractivity contribution in [3.05, 3.63) is 93.3 Å². The van der Waals surface area contributed by atoms with E-state index in [-0.39, 0.29) is 6.61 Å². The zero-order valence-corrected chi connectivity index (χ0v) is 20.5. The maximum Gasteiger partial charge on any atom is 0.330 e. The normalized spacial score (nSPS) is 29.6. The van der Waals surface area contributed by atoms with E-state index < -0.39 is 46.7 Å². The molecule has 3 heterocycles. The lowest BCUT2D eigenvalue weighted by Crippen LogP contribution is -2.36. The average molecular weight is 501 g/mol. The van der Waals surface area contributed by atoms with Crippen LogP contribution in [0.2, 0.25) is 0 Å². The molecule has 0 saturated carbocycles. The quantitative estimate of drug-likeness (QED) is 0.528. The van der Waals surface area contributed by atoms with Crippen LogP contribution < -0.4 is 15.4 Å². The van der Waals surface area contributed by atoms with E-state index in [1.165, 1.54) is 22.4 Å². The van der Waals surface area contributed by atoms with Crippen LogP contribution in [0.5, 0.6) is 5.75 Å². The number of hydrogen-bond donors (Lipinski definition) is 1. The number of ether oxygens (including phenoxy) is 2. The summed E-state index contributed by atoms with van der Waals surface area (Å²) >= 11 is 0. The molecule has 2 aliphatic rings. The highest BCUT2D eigenvalue weighted by molar-refractivity contribution is 8.22. The number of fused-ring (bicyclic) bond motifs is 1. The molecule has 0 radical (unpaired) electrons. The summed E-state index contributed by atoms with van der Waals surface area (Å²) in [6.07, 6.45) is -1.20. The summed E-state index contributed by atoms with van der Waals surface area (Å²) in [6.45, 7) is 4.49. The topological polar surface area (TPSA) is 101 Å². The van der Waals surface area contributed by atoms with Crippen LogP contribution in [0.25, 0.3) is 0 Å². The van der Waals surface area contributed by atoms with Gasteiger partial charge in [-0.05, 0) is 35.7 Å². The lowest BCUT2D eigenvalue weighted by atomic mass is 10.0. The van der Waals surface area contributed by atoms with Crippen LogP contribution in [0.1, 0.15) is 31.6 Å². The van der Waals surface area contributed by atoms with Gasteiger partial charge in [-0.2, -0.15) is 0 Å². The Bertz CT molecular complexity index is 1280. The fraction of sp³-hybridized carbons (Fsp3) is 0.360. The third-order valence-corrected chi connectivity index (χ3v) is 8.21. The van der Waals surface area contributed by atoms with Gasteiger partial charge in [0, 0.05) is 19.4 Å².